The number of aliphatic carboxylic acids is 1. The van der Waals surface area contributed by atoms with E-state index in [0.29, 0.717) is 6.42 Å². The predicted molar refractivity (Wildman–Crippen MR) is 44.7 cm³/mol. The fourth-order valence-corrected chi connectivity index (χ4v) is 0.823. The molecule has 0 amide bonds. The van der Waals surface area contributed by atoms with Gasteiger partial charge in [-0.25, -0.2) is 4.79 Å². The van der Waals surface area contributed by atoms with Crippen molar-refractivity contribution < 1.29 is 9.90 Å². The Morgan fingerprint density at radius 1 is 1.50 bits per heavy atom. The highest BCUT2D eigenvalue weighted by atomic mass is 16.4. The zero-order valence-corrected chi connectivity index (χ0v) is 6.53. The number of pyridine rings is 1. The number of hydrogen-bond acceptors (Lipinski definition) is 2. The van der Waals surface area contributed by atoms with Crippen LogP contribution in [0.4, 0.5) is 0 Å². The lowest BCUT2D eigenvalue weighted by Crippen LogP contribution is -2.01. The molecule has 0 radical (unpaired) electrons. The van der Waals surface area contributed by atoms with Crippen molar-refractivity contribution in [3.63, 3.8) is 0 Å². The van der Waals surface area contributed by atoms with Crippen molar-refractivity contribution in [3.05, 3.63) is 42.2 Å². The number of aromatic nitrogens is 1. The van der Waals surface area contributed by atoms with Crippen LogP contribution in [0, 0.1) is 0 Å². The smallest absolute Gasteiger partial charge is 0.331 e. The van der Waals surface area contributed by atoms with Gasteiger partial charge in [0.05, 0.1) is 0 Å². The van der Waals surface area contributed by atoms with Crippen LogP contribution < -0.4 is 0 Å². The topological polar surface area (TPSA) is 50.2 Å². The maximum absolute atomic E-state index is 10.4. The van der Waals surface area contributed by atoms with Crippen LogP contribution in [-0.2, 0) is 11.2 Å². The van der Waals surface area contributed by atoms with Crippen LogP contribution >= 0.6 is 0 Å². The molecule has 0 aliphatic heterocycles. The molecular formula is C9H9NO2. The molecule has 12 heavy (non-hydrogen) atoms. The second-order valence-electron chi connectivity index (χ2n) is 2.44. The summed E-state index contributed by atoms with van der Waals surface area (Å²) in [5.41, 5.74) is 1.11. The van der Waals surface area contributed by atoms with Crippen LogP contribution in [0.1, 0.15) is 5.56 Å². The standard InChI is InChI=1S/C9H9NO2/c1-7(9(11)12)6-8-2-4-10-5-3-8/h2-5H,1,6H2,(H,11,12). The Labute approximate surface area is 70.4 Å². The second-order valence-corrected chi connectivity index (χ2v) is 2.44. The minimum atomic E-state index is -0.952. The molecule has 1 heterocycles. The van der Waals surface area contributed by atoms with Crippen molar-refractivity contribution in [2.75, 3.05) is 0 Å². The molecular weight excluding hydrogens is 154 g/mol. The lowest BCUT2D eigenvalue weighted by Gasteiger charge is -1.98. The molecule has 0 aliphatic rings. The van der Waals surface area contributed by atoms with Gasteiger partial charge < -0.3 is 5.11 Å². The van der Waals surface area contributed by atoms with Gasteiger partial charge in [-0.1, -0.05) is 6.58 Å². The summed E-state index contributed by atoms with van der Waals surface area (Å²) in [6.45, 7) is 3.43. The van der Waals surface area contributed by atoms with Gasteiger partial charge in [-0.2, -0.15) is 0 Å². The summed E-state index contributed by atoms with van der Waals surface area (Å²) in [7, 11) is 0. The lowest BCUT2D eigenvalue weighted by atomic mass is 10.1. The molecule has 1 rings (SSSR count). The molecule has 62 valence electrons. The van der Waals surface area contributed by atoms with E-state index in [1.807, 2.05) is 0 Å². The van der Waals surface area contributed by atoms with E-state index in [-0.39, 0.29) is 5.57 Å². The highest BCUT2D eigenvalue weighted by molar-refractivity contribution is 5.86. The quantitative estimate of drug-likeness (QED) is 0.682. The van der Waals surface area contributed by atoms with Gasteiger partial charge >= 0.3 is 5.97 Å². The zero-order valence-electron chi connectivity index (χ0n) is 6.53. The first-order chi connectivity index (χ1) is 5.70. The van der Waals surface area contributed by atoms with Gasteiger partial charge in [-0.05, 0) is 17.7 Å². The van der Waals surface area contributed by atoms with Crippen molar-refractivity contribution in [1.29, 1.82) is 0 Å². The third kappa shape index (κ3) is 2.20. The first-order valence-electron chi connectivity index (χ1n) is 3.50. The van der Waals surface area contributed by atoms with Crippen molar-refractivity contribution in [2.45, 2.75) is 6.42 Å². The van der Waals surface area contributed by atoms with Crippen molar-refractivity contribution in [3.8, 4) is 0 Å². The van der Waals surface area contributed by atoms with Crippen LogP contribution in [-0.4, -0.2) is 16.1 Å². The predicted octanol–water partition coefficient (Wildman–Crippen LogP) is 1.26. The normalized spacial score (nSPS) is 9.33. The molecule has 0 atom stereocenters. The van der Waals surface area contributed by atoms with Crippen molar-refractivity contribution in [1.82, 2.24) is 4.98 Å². The fraction of sp³-hybridized carbons (Fsp3) is 0.111. The molecule has 0 saturated heterocycles. The van der Waals surface area contributed by atoms with E-state index in [4.69, 9.17) is 5.11 Å². The van der Waals surface area contributed by atoms with E-state index in [2.05, 4.69) is 11.6 Å². The molecule has 1 N–H and O–H groups in total. The maximum atomic E-state index is 10.4. The number of carboxylic acid groups (broad SMARTS) is 1. The van der Waals surface area contributed by atoms with Gasteiger partial charge in [0.25, 0.3) is 0 Å². The molecule has 1 aromatic rings. The van der Waals surface area contributed by atoms with E-state index in [0.717, 1.165) is 5.56 Å². The minimum absolute atomic E-state index is 0.196. The van der Waals surface area contributed by atoms with Gasteiger partial charge in [0.1, 0.15) is 0 Å². The molecule has 0 fully saturated rings. The van der Waals surface area contributed by atoms with Gasteiger partial charge in [0.2, 0.25) is 0 Å². The highest BCUT2D eigenvalue weighted by Crippen LogP contribution is 2.04. The second kappa shape index (κ2) is 3.67. The summed E-state index contributed by atoms with van der Waals surface area (Å²) in [6, 6.07) is 3.54. The molecule has 0 aliphatic carbocycles. The van der Waals surface area contributed by atoms with Gasteiger partial charge in [-0.15, -0.1) is 0 Å². The molecule has 3 nitrogen and oxygen atoms in total. The molecule has 0 spiro atoms. The Morgan fingerprint density at radius 3 is 2.58 bits per heavy atom. The monoisotopic (exact) mass is 163 g/mol. The largest absolute Gasteiger partial charge is 0.478 e. The van der Waals surface area contributed by atoms with E-state index in [1.165, 1.54) is 0 Å². The van der Waals surface area contributed by atoms with Crippen molar-refractivity contribution >= 4 is 5.97 Å². The number of carbonyl (C=O) groups is 1. The summed E-state index contributed by atoms with van der Waals surface area (Å²) in [6.07, 6.45) is 3.63. The van der Waals surface area contributed by atoms with Crippen LogP contribution in [0.25, 0.3) is 0 Å². The maximum Gasteiger partial charge on any atom is 0.331 e. The van der Waals surface area contributed by atoms with Crippen LogP contribution in [0.5, 0.6) is 0 Å². The lowest BCUT2D eigenvalue weighted by molar-refractivity contribution is -0.132. The Morgan fingerprint density at radius 2 is 2.08 bits per heavy atom. The van der Waals surface area contributed by atoms with E-state index in [9.17, 15) is 4.79 Å². The summed E-state index contributed by atoms with van der Waals surface area (Å²) in [5.74, 6) is -0.952. The number of carboxylic acids is 1. The molecule has 0 unspecified atom stereocenters. The SMILES string of the molecule is C=C(Cc1ccncc1)C(=O)O. The van der Waals surface area contributed by atoms with Gasteiger partial charge in [0, 0.05) is 24.4 Å². The summed E-state index contributed by atoms with van der Waals surface area (Å²) >= 11 is 0. The Kier molecular flexibility index (Phi) is 2.58. The van der Waals surface area contributed by atoms with Gasteiger partial charge in [0.15, 0.2) is 0 Å². The minimum Gasteiger partial charge on any atom is -0.478 e. The zero-order chi connectivity index (χ0) is 8.97. The van der Waals surface area contributed by atoms with Crippen molar-refractivity contribution in [2.24, 2.45) is 0 Å². The third-order valence-electron chi connectivity index (χ3n) is 1.47. The summed E-state index contributed by atoms with van der Waals surface area (Å²) < 4.78 is 0. The van der Waals surface area contributed by atoms with Crippen LogP contribution in [0.3, 0.4) is 0 Å². The van der Waals surface area contributed by atoms with E-state index >= 15 is 0 Å². The number of nitrogens with zero attached hydrogens (tertiary/aromatic N) is 1. The van der Waals surface area contributed by atoms with E-state index < -0.39 is 5.97 Å². The number of rotatable bonds is 3. The van der Waals surface area contributed by atoms with Crippen LogP contribution in [0.15, 0.2) is 36.7 Å². The highest BCUT2D eigenvalue weighted by Gasteiger charge is 2.03. The number of hydrogen-bond donors (Lipinski definition) is 1. The molecule has 0 aromatic carbocycles. The molecule has 0 saturated carbocycles. The third-order valence-corrected chi connectivity index (χ3v) is 1.47. The Hall–Kier alpha value is -1.64. The Balaban J connectivity index is 2.65. The molecule has 1 aromatic heterocycles. The molecule has 0 bridgehead atoms. The average Bonchev–Trinajstić information content (AvgIpc) is 2.06. The Bertz CT molecular complexity index is 293. The van der Waals surface area contributed by atoms with E-state index in [1.54, 1.807) is 24.5 Å². The fourth-order valence-electron chi connectivity index (χ4n) is 0.823. The summed E-state index contributed by atoms with van der Waals surface area (Å²) in [4.78, 5) is 14.2. The average molecular weight is 163 g/mol. The first-order valence-corrected chi connectivity index (χ1v) is 3.50. The summed E-state index contributed by atoms with van der Waals surface area (Å²) in [5, 5.41) is 8.53. The van der Waals surface area contributed by atoms with Gasteiger partial charge in [-0.3, -0.25) is 4.98 Å². The first kappa shape index (κ1) is 8.46. The molecule has 3 heteroatoms. The van der Waals surface area contributed by atoms with Crippen LogP contribution in [0.2, 0.25) is 0 Å².